The number of hydroxylamine groups is 1. The van der Waals surface area contributed by atoms with E-state index in [0.29, 0.717) is 41.4 Å². The van der Waals surface area contributed by atoms with Gasteiger partial charge in [0.2, 0.25) is 0 Å². The third kappa shape index (κ3) is 2.78. The van der Waals surface area contributed by atoms with Crippen LogP contribution in [0.15, 0.2) is 11.6 Å². The molecule has 0 aromatic heterocycles. The minimum absolute atomic E-state index is 0.0530. The van der Waals surface area contributed by atoms with Crippen LogP contribution in [0, 0.1) is 34.5 Å². The van der Waals surface area contributed by atoms with Crippen LogP contribution in [0.2, 0.25) is 0 Å². The van der Waals surface area contributed by atoms with E-state index in [-0.39, 0.29) is 5.41 Å². The number of carbonyl (C=O) groups excluding carboxylic acids is 1. The largest absolute Gasteiger partial charge is 0.389 e. The van der Waals surface area contributed by atoms with E-state index in [2.05, 4.69) is 19.3 Å². The van der Waals surface area contributed by atoms with Gasteiger partial charge in [-0.15, -0.1) is 0 Å². The van der Waals surface area contributed by atoms with Gasteiger partial charge >= 0.3 is 0 Å². The number of ketones is 1. The van der Waals surface area contributed by atoms with Crippen molar-refractivity contribution in [3.05, 3.63) is 11.6 Å². The molecule has 4 nitrogen and oxygen atoms in total. The van der Waals surface area contributed by atoms with Crippen molar-refractivity contribution in [3.8, 4) is 0 Å². The number of aliphatic hydroxyl groups is 1. The Morgan fingerprint density at radius 2 is 1.86 bits per heavy atom. The Morgan fingerprint density at radius 3 is 2.59 bits per heavy atom. The predicted molar refractivity (Wildman–Crippen MR) is 113 cm³/mol. The van der Waals surface area contributed by atoms with Crippen LogP contribution in [0.25, 0.3) is 0 Å². The van der Waals surface area contributed by atoms with Crippen LogP contribution in [-0.4, -0.2) is 29.6 Å². The van der Waals surface area contributed by atoms with Gasteiger partial charge in [-0.25, -0.2) is 0 Å². The van der Waals surface area contributed by atoms with Crippen LogP contribution >= 0.6 is 0 Å². The molecular formula is C25H39NO3. The zero-order valence-electron chi connectivity index (χ0n) is 18.5. The Labute approximate surface area is 175 Å². The molecule has 162 valence electrons. The van der Waals surface area contributed by atoms with Crippen molar-refractivity contribution >= 4 is 5.78 Å². The third-order valence-electron chi connectivity index (χ3n) is 10.6. The SMILES string of the molecule is CON[C@H]1CC[C@]2(C)C3CC[C@]4(C)[C@@H](C5=CC(=O)CC5)CC[C@]4(O)C3CC[C@@H]2C1. The van der Waals surface area contributed by atoms with E-state index < -0.39 is 5.60 Å². The number of hydrogen-bond donors (Lipinski definition) is 2. The van der Waals surface area contributed by atoms with Gasteiger partial charge in [0.25, 0.3) is 0 Å². The normalized spacial score (nSPS) is 51.9. The second kappa shape index (κ2) is 6.90. The molecule has 4 saturated carbocycles. The molecule has 0 amide bonds. The first-order valence-corrected chi connectivity index (χ1v) is 12.1. The molecule has 0 aromatic rings. The average Bonchev–Trinajstić information content (AvgIpc) is 3.23. The van der Waals surface area contributed by atoms with E-state index in [1.807, 2.05) is 6.08 Å². The standard InChI is InChI=1S/C25H39NO3/c1-23-11-8-18(26-29-3)15-17(23)5-7-22-21(23)9-12-24(2)20(10-13-25(22,24)28)16-4-6-19(27)14-16/h14,17-18,20-22,26,28H,4-13,15H2,1-3H3/t17-,18+,20-,21?,22?,23+,24-,25+/m1/s1. The van der Waals surface area contributed by atoms with Crippen LogP contribution in [0.1, 0.15) is 84.5 Å². The van der Waals surface area contributed by atoms with E-state index in [1.165, 1.54) is 44.1 Å². The Kier molecular flexibility index (Phi) is 4.81. The molecule has 5 aliphatic rings. The molecular weight excluding hydrogens is 362 g/mol. The van der Waals surface area contributed by atoms with Gasteiger partial charge in [0.1, 0.15) is 0 Å². The van der Waals surface area contributed by atoms with Gasteiger partial charge in [-0.2, -0.15) is 5.48 Å². The summed E-state index contributed by atoms with van der Waals surface area (Å²) in [5, 5.41) is 12.3. The molecule has 0 bridgehead atoms. The van der Waals surface area contributed by atoms with Crippen molar-refractivity contribution in [2.45, 2.75) is 96.1 Å². The first-order valence-electron chi connectivity index (χ1n) is 12.1. The molecule has 5 aliphatic carbocycles. The maximum atomic E-state index is 12.3. The van der Waals surface area contributed by atoms with Crippen molar-refractivity contribution in [2.24, 2.45) is 34.5 Å². The summed E-state index contributed by atoms with van der Waals surface area (Å²) in [7, 11) is 1.73. The van der Waals surface area contributed by atoms with Crippen LogP contribution < -0.4 is 5.48 Å². The maximum Gasteiger partial charge on any atom is 0.155 e. The summed E-state index contributed by atoms with van der Waals surface area (Å²) in [6, 6.07) is 0.481. The van der Waals surface area contributed by atoms with Crippen molar-refractivity contribution in [1.29, 1.82) is 0 Å². The van der Waals surface area contributed by atoms with E-state index in [4.69, 9.17) is 4.84 Å². The first-order chi connectivity index (χ1) is 13.8. The summed E-state index contributed by atoms with van der Waals surface area (Å²) >= 11 is 0. The molecule has 0 aromatic carbocycles. The van der Waals surface area contributed by atoms with Gasteiger partial charge in [0.15, 0.2) is 5.78 Å². The molecule has 2 N–H and O–H groups in total. The molecule has 0 radical (unpaired) electrons. The number of allylic oxidation sites excluding steroid dienone is 2. The topological polar surface area (TPSA) is 58.6 Å². The fourth-order valence-corrected chi connectivity index (χ4v) is 8.99. The highest BCUT2D eigenvalue weighted by Gasteiger charge is 2.67. The zero-order valence-corrected chi connectivity index (χ0v) is 18.5. The number of hydrogen-bond acceptors (Lipinski definition) is 4. The summed E-state index contributed by atoms with van der Waals surface area (Å²) in [6.07, 6.45) is 13.9. The number of fused-ring (bicyclic) bond motifs is 5. The summed E-state index contributed by atoms with van der Waals surface area (Å²) < 4.78 is 0. The second-order valence-electron chi connectivity index (χ2n) is 11.4. The fraction of sp³-hybridized carbons (Fsp3) is 0.880. The van der Waals surface area contributed by atoms with Gasteiger partial charge in [-0.1, -0.05) is 19.4 Å². The molecule has 5 rings (SSSR count). The fourth-order valence-electron chi connectivity index (χ4n) is 8.99. The average molecular weight is 402 g/mol. The number of carbonyl (C=O) groups is 1. The van der Waals surface area contributed by atoms with Crippen LogP contribution in [0.5, 0.6) is 0 Å². The predicted octanol–water partition coefficient (Wildman–Crippen LogP) is 4.57. The Hall–Kier alpha value is -0.710. The van der Waals surface area contributed by atoms with Gasteiger partial charge in [0, 0.05) is 17.9 Å². The molecule has 0 aliphatic heterocycles. The van der Waals surface area contributed by atoms with Gasteiger partial charge < -0.3 is 9.94 Å². The lowest BCUT2D eigenvalue weighted by Crippen LogP contribution is -2.62. The summed E-state index contributed by atoms with van der Waals surface area (Å²) in [5.74, 6) is 2.51. The molecule has 8 atom stereocenters. The Morgan fingerprint density at radius 1 is 1.03 bits per heavy atom. The Bertz CT molecular complexity index is 719. The van der Waals surface area contributed by atoms with Crippen LogP contribution in [-0.2, 0) is 9.63 Å². The van der Waals surface area contributed by atoms with E-state index in [1.54, 1.807) is 7.11 Å². The minimum atomic E-state index is -0.553. The summed E-state index contributed by atoms with van der Waals surface area (Å²) in [6.45, 7) is 4.90. The van der Waals surface area contributed by atoms with Crippen molar-refractivity contribution in [2.75, 3.05) is 7.11 Å². The minimum Gasteiger partial charge on any atom is -0.389 e. The smallest absolute Gasteiger partial charge is 0.155 e. The molecule has 29 heavy (non-hydrogen) atoms. The van der Waals surface area contributed by atoms with E-state index >= 15 is 0 Å². The molecule has 4 heteroatoms. The lowest BCUT2D eigenvalue weighted by molar-refractivity contribution is -0.206. The van der Waals surface area contributed by atoms with Crippen molar-refractivity contribution in [3.63, 3.8) is 0 Å². The molecule has 4 fully saturated rings. The number of rotatable bonds is 3. The first kappa shape index (κ1) is 20.2. The van der Waals surface area contributed by atoms with Gasteiger partial charge in [-0.3, -0.25) is 4.79 Å². The highest BCUT2D eigenvalue weighted by Crippen LogP contribution is 2.70. The maximum absolute atomic E-state index is 12.3. The lowest BCUT2D eigenvalue weighted by atomic mass is 9.43. The Balaban J connectivity index is 1.41. The van der Waals surface area contributed by atoms with E-state index in [9.17, 15) is 9.90 Å². The summed E-state index contributed by atoms with van der Waals surface area (Å²) in [4.78, 5) is 17.1. The number of nitrogens with one attached hydrogen (secondary N) is 1. The molecule has 0 saturated heterocycles. The van der Waals surface area contributed by atoms with Crippen molar-refractivity contribution in [1.82, 2.24) is 5.48 Å². The lowest BCUT2D eigenvalue weighted by Gasteiger charge is -2.64. The van der Waals surface area contributed by atoms with Crippen LogP contribution in [0.4, 0.5) is 0 Å². The monoisotopic (exact) mass is 401 g/mol. The molecule has 0 spiro atoms. The zero-order chi connectivity index (χ0) is 20.4. The van der Waals surface area contributed by atoms with Crippen molar-refractivity contribution < 1.29 is 14.7 Å². The van der Waals surface area contributed by atoms with Gasteiger partial charge in [-0.05, 0) is 99.4 Å². The van der Waals surface area contributed by atoms with Gasteiger partial charge in [0.05, 0.1) is 12.7 Å². The highest BCUT2D eigenvalue weighted by molar-refractivity contribution is 5.93. The molecule has 2 unspecified atom stereocenters. The second-order valence-corrected chi connectivity index (χ2v) is 11.4. The quantitative estimate of drug-likeness (QED) is 0.680. The van der Waals surface area contributed by atoms with Crippen LogP contribution in [0.3, 0.4) is 0 Å². The van der Waals surface area contributed by atoms with E-state index in [0.717, 1.165) is 31.6 Å². The molecule has 0 heterocycles. The summed E-state index contributed by atoms with van der Waals surface area (Å²) in [5.41, 5.74) is 4.31. The highest BCUT2D eigenvalue weighted by atomic mass is 16.6. The third-order valence-corrected chi connectivity index (χ3v) is 10.6.